The summed E-state index contributed by atoms with van der Waals surface area (Å²) in [5, 5.41) is 0. The Balaban J connectivity index is 0.000000174. The first-order valence-electron chi connectivity index (χ1n) is 7.02. The van der Waals surface area contributed by atoms with E-state index in [-0.39, 0.29) is 21.7 Å². The molecule has 0 fully saturated rings. The molecular formula is C20H18Ti. The molecule has 0 aromatic heterocycles. The van der Waals surface area contributed by atoms with Crippen LogP contribution < -0.4 is 0 Å². The van der Waals surface area contributed by atoms with Crippen molar-refractivity contribution >= 4 is 0 Å². The molecule has 1 aliphatic rings. The molecule has 21 heavy (non-hydrogen) atoms. The van der Waals surface area contributed by atoms with Crippen molar-refractivity contribution in [1.29, 1.82) is 0 Å². The van der Waals surface area contributed by atoms with E-state index in [4.69, 9.17) is 0 Å². The first kappa shape index (κ1) is 15.9. The van der Waals surface area contributed by atoms with Gasteiger partial charge in [0, 0.05) is 0 Å². The van der Waals surface area contributed by atoms with Crippen molar-refractivity contribution < 1.29 is 21.7 Å². The number of hydrogen-bond donors (Lipinski definition) is 0. The quantitative estimate of drug-likeness (QED) is 0.314. The van der Waals surface area contributed by atoms with Crippen LogP contribution in [0.1, 0.15) is 22.3 Å². The number of fused-ring (bicyclic) bond motifs is 3. The van der Waals surface area contributed by atoms with Crippen LogP contribution in [0, 0.1) is 19.9 Å². The fourth-order valence-corrected chi connectivity index (χ4v) is 2.72. The minimum Gasteiger partial charge on any atom is -0.211 e. The summed E-state index contributed by atoms with van der Waals surface area (Å²) in [5.74, 6) is 0. The monoisotopic (exact) mass is 306 g/mol. The van der Waals surface area contributed by atoms with Gasteiger partial charge in [-0.3, -0.25) is 0 Å². The van der Waals surface area contributed by atoms with Crippen LogP contribution in [0.4, 0.5) is 0 Å². The summed E-state index contributed by atoms with van der Waals surface area (Å²) < 4.78 is 0. The van der Waals surface area contributed by atoms with E-state index in [1.807, 2.05) is 6.07 Å². The molecule has 4 rings (SSSR count). The molecule has 0 heterocycles. The van der Waals surface area contributed by atoms with Crippen molar-refractivity contribution in [2.24, 2.45) is 0 Å². The molecule has 102 valence electrons. The molecular weight excluding hydrogens is 288 g/mol. The van der Waals surface area contributed by atoms with Gasteiger partial charge in [0.25, 0.3) is 0 Å². The van der Waals surface area contributed by atoms with Crippen LogP contribution in [-0.4, -0.2) is 0 Å². The van der Waals surface area contributed by atoms with E-state index in [0.29, 0.717) is 0 Å². The van der Waals surface area contributed by atoms with Gasteiger partial charge in [-0.1, -0.05) is 49.2 Å². The summed E-state index contributed by atoms with van der Waals surface area (Å²) in [4.78, 5) is 0. The maximum absolute atomic E-state index is 3.30. The maximum Gasteiger partial charge on any atom is 2.00 e. The van der Waals surface area contributed by atoms with E-state index in [0.717, 1.165) is 6.42 Å². The summed E-state index contributed by atoms with van der Waals surface area (Å²) in [7, 11) is 0. The molecule has 0 nitrogen and oxygen atoms in total. The largest absolute Gasteiger partial charge is 2.00 e. The smallest absolute Gasteiger partial charge is 0.211 e. The van der Waals surface area contributed by atoms with Crippen molar-refractivity contribution in [2.75, 3.05) is 0 Å². The van der Waals surface area contributed by atoms with Crippen LogP contribution in [0.2, 0.25) is 0 Å². The molecule has 0 N–H and O–H groups in total. The van der Waals surface area contributed by atoms with Gasteiger partial charge in [0.05, 0.1) is 0 Å². The molecule has 0 spiro atoms. The van der Waals surface area contributed by atoms with E-state index in [2.05, 4.69) is 74.5 Å². The fourth-order valence-electron chi connectivity index (χ4n) is 2.72. The van der Waals surface area contributed by atoms with Crippen molar-refractivity contribution in [3.63, 3.8) is 0 Å². The molecule has 0 aliphatic heterocycles. The Hall–Kier alpha value is -1.50. The predicted octanol–water partition coefficient (Wildman–Crippen LogP) is 5.08. The van der Waals surface area contributed by atoms with Gasteiger partial charge in [-0.2, -0.15) is 47.0 Å². The van der Waals surface area contributed by atoms with E-state index < -0.39 is 0 Å². The number of rotatable bonds is 0. The molecule has 0 saturated carbocycles. The molecule has 0 amide bonds. The van der Waals surface area contributed by atoms with Crippen LogP contribution in [0.15, 0.2) is 60.7 Å². The Kier molecular flexibility index (Phi) is 5.28. The van der Waals surface area contributed by atoms with Crippen molar-refractivity contribution in [3.05, 3.63) is 89.0 Å². The first-order valence-corrected chi connectivity index (χ1v) is 7.02. The van der Waals surface area contributed by atoms with Crippen molar-refractivity contribution in [3.8, 4) is 11.1 Å². The van der Waals surface area contributed by atoms with Gasteiger partial charge in [-0.25, -0.2) is 12.1 Å². The average molecular weight is 306 g/mol. The Labute approximate surface area is 142 Å². The summed E-state index contributed by atoms with van der Waals surface area (Å²) >= 11 is 0. The van der Waals surface area contributed by atoms with Crippen LogP contribution in [-0.2, 0) is 28.1 Å². The van der Waals surface area contributed by atoms with Gasteiger partial charge in [-0.15, -0.1) is 5.56 Å². The average Bonchev–Trinajstić information content (AvgIpc) is 3.02. The molecule has 0 saturated heterocycles. The Bertz CT molecular complexity index is 662. The van der Waals surface area contributed by atoms with Gasteiger partial charge >= 0.3 is 21.7 Å². The second kappa shape index (κ2) is 6.98. The predicted molar refractivity (Wildman–Crippen MR) is 85.0 cm³/mol. The first-order chi connectivity index (χ1) is 9.74. The van der Waals surface area contributed by atoms with Crippen LogP contribution in [0.25, 0.3) is 11.1 Å². The summed E-state index contributed by atoms with van der Waals surface area (Å²) in [6, 6.07) is 24.5. The van der Waals surface area contributed by atoms with E-state index in [1.165, 1.54) is 33.4 Å². The molecule has 0 radical (unpaired) electrons. The van der Waals surface area contributed by atoms with Crippen LogP contribution in [0.3, 0.4) is 0 Å². The van der Waals surface area contributed by atoms with Crippen LogP contribution >= 0.6 is 0 Å². The van der Waals surface area contributed by atoms with Gasteiger partial charge in [0.2, 0.25) is 0 Å². The summed E-state index contributed by atoms with van der Waals surface area (Å²) in [5.41, 5.74) is 8.23. The third-order valence-electron chi connectivity index (χ3n) is 3.68. The maximum atomic E-state index is 3.30. The molecule has 0 atom stereocenters. The number of aryl methyl sites for hydroxylation is 2. The zero-order valence-electron chi connectivity index (χ0n) is 12.5. The molecule has 1 aliphatic carbocycles. The SMILES string of the molecule is Cc1ccc(C)[cH-]1.[Ti+2].[c-]1cccc2c1Cc1ccccc1-2. The van der Waals surface area contributed by atoms with E-state index >= 15 is 0 Å². The minimum absolute atomic E-state index is 0. The third-order valence-corrected chi connectivity index (χ3v) is 3.68. The van der Waals surface area contributed by atoms with Gasteiger partial charge in [-0.05, 0) is 6.42 Å². The Morgan fingerprint density at radius 3 is 2.19 bits per heavy atom. The molecule has 3 aromatic carbocycles. The normalized spacial score (nSPS) is 10.8. The summed E-state index contributed by atoms with van der Waals surface area (Å²) in [6.07, 6.45) is 1.05. The van der Waals surface area contributed by atoms with Gasteiger partial charge in [0.15, 0.2) is 0 Å². The zero-order chi connectivity index (χ0) is 13.9. The topological polar surface area (TPSA) is 0 Å². The molecule has 0 unspecified atom stereocenters. The Morgan fingerprint density at radius 1 is 0.857 bits per heavy atom. The Morgan fingerprint density at radius 2 is 1.52 bits per heavy atom. The number of hydrogen-bond acceptors (Lipinski definition) is 0. The van der Waals surface area contributed by atoms with Gasteiger partial charge < -0.3 is 0 Å². The van der Waals surface area contributed by atoms with Crippen molar-refractivity contribution in [2.45, 2.75) is 20.3 Å². The van der Waals surface area contributed by atoms with E-state index in [9.17, 15) is 0 Å². The zero-order valence-corrected chi connectivity index (χ0v) is 14.0. The molecule has 0 bridgehead atoms. The summed E-state index contributed by atoms with van der Waals surface area (Å²) in [6.45, 7) is 4.21. The fraction of sp³-hybridized carbons (Fsp3) is 0.150. The second-order valence-electron chi connectivity index (χ2n) is 5.36. The number of benzene rings is 2. The molecule has 3 aromatic rings. The molecule has 1 heteroatoms. The van der Waals surface area contributed by atoms with Crippen molar-refractivity contribution in [1.82, 2.24) is 0 Å². The minimum atomic E-state index is 0. The van der Waals surface area contributed by atoms with E-state index in [1.54, 1.807) is 0 Å². The van der Waals surface area contributed by atoms with Crippen LogP contribution in [0.5, 0.6) is 0 Å². The van der Waals surface area contributed by atoms with Gasteiger partial charge in [0.1, 0.15) is 0 Å². The standard InChI is InChI=1S/C13H9.C7H9.Ti/c1-3-7-12-10(5-1)9-11-6-2-4-8-13(11)12;1-6-3-4-7(2)5-6;/h1-5,7-8H,9H2;3-5H,1-2H3;/q2*-1;+2. The third kappa shape index (κ3) is 3.58. The second-order valence-corrected chi connectivity index (χ2v) is 5.36.